The Labute approximate surface area is 141 Å². The van der Waals surface area contributed by atoms with E-state index < -0.39 is 6.10 Å². The summed E-state index contributed by atoms with van der Waals surface area (Å²) in [6.45, 7) is 0.126. The maximum atomic E-state index is 10.4. The average Bonchev–Trinajstić information content (AvgIpc) is 3.10. The van der Waals surface area contributed by atoms with Gasteiger partial charge in [-0.05, 0) is 48.4 Å². The van der Waals surface area contributed by atoms with Crippen molar-refractivity contribution in [3.8, 4) is 11.5 Å². The standard InChI is InChI=1S/C20H20O4/c21-14-4-7-17-12-13-19(24-17)20(22)15-8-10-18(11-9-15)23-16-5-2-1-3-6-16/h1-3,5-6,8-13,20-22H,4,7,14H2. The van der Waals surface area contributed by atoms with Crippen LogP contribution in [0.15, 0.2) is 71.1 Å². The van der Waals surface area contributed by atoms with Crippen LogP contribution in [0.4, 0.5) is 0 Å². The molecule has 0 amide bonds. The van der Waals surface area contributed by atoms with Crippen LogP contribution < -0.4 is 4.74 Å². The van der Waals surface area contributed by atoms with Crippen LogP contribution in [0.25, 0.3) is 0 Å². The predicted molar refractivity (Wildman–Crippen MR) is 91.1 cm³/mol. The number of hydrogen-bond donors (Lipinski definition) is 2. The van der Waals surface area contributed by atoms with Gasteiger partial charge in [-0.1, -0.05) is 30.3 Å². The van der Waals surface area contributed by atoms with Crippen LogP contribution in [-0.2, 0) is 6.42 Å². The van der Waals surface area contributed by atoms with Crippen molar-refractivity contribution in [3.05, 3.63) is 83.8 Å². The van der Waals surface area contributed by atoms with Gasteiger partial charge in [0.15, 0.2) is 0 Å². The Kier molecular flexibility index (Phi) is 5.31. The molecule has 1 unspecified atom stereocenters. The summed E-state index contributed by atoms with van der Waals surface area (Å²) in [5.74, 6) is 2.74. The molecule has 3 rings (SSSR count). The van der Waals surface area contributed by atoms with E-state index in [9.17, 15) is 5.11 Å². The monoisotopic (exact) mass is 324 g/mol. The first kappa shape index (κ1) is 16.3. The second kappa shape index (κ2) is 7.81. The highest BCUT2D eigenvalue weighted by molar-refractivity contribution is 5.35. The molecule has 0 fully saturated rings. The molecule has 0 aliphatic rings. The number of aryl methyl sites for hydroxylation is 1. The third-order valence-electron chi connectivity index (χ3n) is 3.71. The van der Waals surface area contributed by atoms with E-state index in [4.69, 9.17) is 14.3 Å². The van der Waals surface area contributed by atoms with Gasteiger partial charge in [0.2, 0.25) is 0 Å². The van der Waals surface area contributed by atoms with Gasteiger partial charge in [-0.25, -0.2) is 0 Å². The van der Waals surface area contributed by atoms with Crippen molar-refractivity contribution in [1.29, 1.82) is 0 Å². The molecule has 0 aliphatic carbocycles. The fourth-order valence-electron chi connectivity index (χ4n) is 2.44. The highest BCUT2D eigenvalue weighted by Crippen LogP contribution is 2.27. The Morgan fingerprint density at radius 1 is 0.875 bits per heavy atom. The van der Waals surface area contributed by atoms with Crippen molar-refractivity contribution in [3.63, 3.8) is 0 Å². The SMILES string of the molecule is OCCCc1ccc(C(O)c2ccc(Oc3ccccc3)cc2)o1. The van der Waals surface area contributed by atoms with Gasteiger partial charge in [-0.3, -0.25) is 0 Å². The molecule has 0 bridgehead atoms. The van der Waals surface area contributed by atoms with E-state index in [0.717, 1.165) is 17.1 Å². The molecule has 2 aromatic carbocycles. The lowest BCUT2D eigenvalue weighted by molar-refractivity contribution is 0.186. The number of aliphatic hydroxyl groups excluding tert-OH is 2. The Morgan fingerprint density at radius 3 is 2.29 bits per heavy atom. The van der Waals surface area contributed by atoms with E-state index in [1.807, 2.05) is 60.7 Å². The number of furan rings is 1. The molecular weight excluding hydrogens is 304 g/mol. The Morgan fingerprint density at radius 2 is 1.58 bits per heavy atom. The van der Waals surface area contributed by atoms with Crippen molar-refractivity contribution in [2.45, 2.75) is 18.9 Å². The Hall–Kier alpha value is -2.56. The molecule has 4 nitrogen and oxygen atoms in total. The minimum Gasteiger partial charge on any atom is -0.463 e. The highest BCUT2D eigenvalue weighted by Gasteiger charge is 2.15. The van der Waals surface area contributed by atoms with Crippen molar-refractivity contribution in [2.75, 3.05) is 6.61 Å². The summed E-state index contributed by atoms with van der Waals surface area (Å²) in [6, 6.07) is 20.4. The minimum absolute atomic E-state index is 0.126. The number of ether oxygens (including phenoxy) is 1. The maximum Gasteiger partial charge on any atom is 0.137 e. The lowest BCUT2D eigenvalue weighted by atomic mass is 10.1. The molecule has 1 atom stereocenters. The molecule has 1 aromatic heterocycles. The van der Waals surface area contributed by atoms with Gasteiger partial charge in [0.1, 0.15) is 29.1 Å². The minimum atomic E-state index is -0.821. The van der Waals surface area contributed by atoms with E-state index in [-0.39, 0.29) is 6.61 Å². The second-order valence-corrected chi connectivity index (χ2v) is 5.52. The van der Waals surface area contributed by atoms with Crippen LogP contribution in [0.5, 0.6) is 11.5 Å². The summed E-state index contributed by atoms with van der Waals surface area (Å²) in [7, 11) is 0. The summed E-state index contributed by atoms with van der Waals surface area (Å²) in [5, 5.41) is 19.3. The maximum absolute atomic E-state index is 10.4. The average molecular weight is 324 g/mol. The van der Waals surface area contributed by atoms with Gasteiger partial charge in [0, 0.05) is 13.0 Å². The first-order valence-corrected chi connectivity index (χ1v) is 7.96. The number of hydrogen-bond acceptors (Lipinski definition) is 4. The lowest BCUT2D eigenvalue weighted by Gasteiger charge is -2.10. The summed E-state index contributed by atoms with van der Waals surface area (Å²) in [5.41, 5.74) is 0.735. The lowest BCUT2D eigenvalue weighted by Crippen LogP contribution is -1.98. The normalized spacial score (nSPS) is 12.1. The third kappa shape index (κ3) is 4.04. The Balaban J connectivity index is 1.67. The molecule has 4 heteroatoms. The van der Waals surface area contributed by atoms with E-state index >= 15 is 0 Å². The fraction of sp³-hybridized carbons (Fsp3) is 0.200. The smallest absolute Gasteiger partial charge is 0.137 e. The summed E-state index contributed by atoms with van der Waals surface area (Å²) in [6.07, 6.45) is 0.486. The quantitative estimate of drug-likeness (QED) is 0.687. The van der Waals surface area contributed by atoms with Crippen LogP contribution >= 0.6 is 0 Å². The number of benzene rings is 2. The van der Waals surface area contributed by atoms with Crippen LogP contribution in [0.1, 0.15) is 29.6 Å². The van der Waals surface area contributed by atoms with E-state index in [1.165, 1.54) is 0 Å². The number of aliphatic hydroxyl groups is 2. The van der Waals surface area contributed by atoms with Crippen molar-refractivity contribution in [1.82, 2.24) is 0 Å². The molecule has 0 saturated heterocycles. The summed E-state index contributed by atoms with van der Waals surface area (Å²) >= 11 is 0. The van der Waals surface area contributed by atoms with Gasteiger partial charge < -0.3 is 19.4 Å². The zero-order valence-corrected chi connectivity index (χ0v) is 13.3. The highest BCUT2D eigenvalue weighted by atomic mass is 16.5. The van der Waals surface area contributed by atoms with Crippen LogP contribution in [0.2, 0.25) is 0 Å². The first-order chi connectivity index (χ1) is 11.8. The number of rotatable bonds is 7. The van der Waals surface area contributed by atoms with Crippen LogP contribution in [0, 0.1) is 0 Å². The van der Waals surface area contributed by atoms with Gasteiger partial charge in [-0.2, -0.15) is 0 Å². The molecule has 0 spiro atoms. The molecule has 2 N–H and O–H groups in total. The third-order valence-corrected chi connectivity index (χ3v) is 3.71. The molecule has 124 valence electrons. The molecule has 0 radical (unpaired) electrons. The molecule has 24 heavy (non-hydrogen) atoms. The zero-order valence-electron chi connectivity index (χ0n) is 13.3. The van der Waals surface area contributed by atoms with Crippen molar-refractivity contribution < 1.29 is 19.4 Å². The van der Waals surface area contributed by atoms with Gasteiger partial charge in [0.25, 0.3) is 0 Å². The van der Waals surface area contributed by atoms with E-state index in [0.29, 0.717) is 24.4 Å². The zero-order chi connectivity index (χ0) is 16.8. The topological polar surface area (TPSA) is 62.8 Å². The van der Waals surface area contributed by atoms with Gasteiger partial charge in [0.05, 0.1) is 0 Å². The second-order valence-electron chi connectivity index (χ2n) is 5.52. The van der Waals surface area contributed by atoms with Gasteiger partial charge in [-0.15, -0.1) is 0 Å². The predicted octanol–water partition coefficient (Wildman–Crippen LogP) is 4.08. The largest absolute Gasteiger partial charge is 0.463 e. The van der Waals surface area contributed by atoms with Crippen molar-refractivity contribution >= 4 is 0 Å². The summed E-state index contributed by atoms with van der Waals surface area (Å²) in [4.78, 5) is 0. The Bertz CT molecular complexity index is 747. The molecular formula is C20H20O4. The fourth-order valence-corrected chi connectivity index (χ4v) is 2.44. The molecule has 0 saturated carbocycles. The van der Waals surface area contributed by atoms with Gasteiger partial charge >= 0.3 is 0 Å². The summed E-state index contributed by atoms with van der Waals surface area (Å²) < 4.78 is 11.4. The van der Waals surface area contributed by atoms with E-state index in [2.05, 4.69) is 0 Å². The molecule has 3 aromatic rings. The first-order valence-electron chi connectivity index (χ1n) is 7.96. The molecule has 0 aliphatic heterocycles. The number of para-hydroxylation sites is 1. The van der Waals surface area contributed by atoms with E-state index in [1.54, 1.807) is 6.07 Å². The molecule has 1 heterocycles. The van der Waals surface area contributed by atoms with Crippen LogP contribution in [0.3, 0.4) is 0 Å². The van der Waals surface area contributed by atoms with Crippen molar-refractivity contribution in [2.24, 2.45) is 0 Å². The van der Waals surface area contributed by atoms with Crippen LogP contribution in [-0.4, -0.2) is 16.8 Å².